The number of ether oxygens (including phenoxy) is 3. The van der Waals surface area contributed by atoms with Crippen molar-refractivity contribution in [3.05, 3.63) is 54.1 Å². The maximum atomic E-state index is 5.41. The van der Waals surface area contributed by atoms with E-state index in [1.54, 1.807) is 11.3 Å². The summed E-state index contributed by atoms with van der Waals surface area (Å²) >= 11 is 1.60. The van der Waals surface area contributed by atoms with Crippen molar-refractivity contribution in [2.75, 3.05) is 58.0 Å². The fourth-order valence-electron chi connectivity index (χ4n) is 3.29. The van der Waals surface area contributed by atoms with Gasteiger partial charge in [-0.25, -0.2) is 9.97 Å². The van der Waals surface area contributed by atoms with E-state index in [1.807, 2.05) is 31.6 Å². The van der Waals surface area contributed by atoms with Crippen LogP contribution in [0.4, 0.5) is 10.9 Å². The predicted molar refractivity (Wildman–Crippen MR) is 125 cm³/mol. The number of hydrogen-bond donors (Lipinski definition) is 1. The zero-order valence-corrected chi connectivity index (χ0v) is 19.1. The van der Waals surface area contributed by atoms with Crippen molar-refractivity contribution in [3.8, 4) is 10.4 Å². The van der Waals surface area contributed by atoms with E-state index in [1.165, 1.54) is 5.56 Å². The summed E-state index contributed by atoms with van der Waals surface area (Å²) in [5.74, 6) is 0.818. The molecule has 0 aromatic carbocycles. The van der Waals surface area contributed by atoms with E-state index in [0.717, 1.165) is 86.4 Å². The van der Waals surface area contributed by atoms with Crippen LogP contribution in [0.3, 0.4) is 0 Å². The van der Waals surface area contributed by atoms with E-state index in [2.05, 4.69) is 43.4 Å². The molecule has 0 bridgehead atoms. The van der Waals surface area contributed by atoms with Gasteiger partial charge in [0.2, 0.25) is 0 Å². The zero-order chi connectivity index (χ0) is 22.0. The van der Waals surface area contributed by atoms with Gasteiger partial charge in [-0.05, 0) is 30.7 Å². The van der Waals surface area contributed by atoms with E-state index in [-0.39, 0.29) is 0 Å². The quantitative estimate of drug-likeness (QED) is 0.626. The first-order valence-corrected chi connectivity index (χ1v) is 11.6. The van der Waals surface area contributed by atoms with Crippen molar-refractivity contribution in [1.82, 2.24) is 19.9 Å². The molecule has 3 aromatic rings. The van der Waals surface area contributed by atoms with Crippen LogP contribution in [0.25, 0.3) is 10.4 Å². The standard InChI is InChI=1S/C19H21N5OS.C4H8O2/c1-14-2-3-16(11-21-14)17-12-22-19(26-17)23-18-10-15(4-5-20-18)13-24-6-8-25-9-7-24;1-2-6-4-3-5-1/h2-5,10-12H,6-9,13H2,1H3,(H,20,22,23);1-4H2. The number of rotatable bonds is 5. The molecule has 0 amide bonds. The Bertz CT molecular complexity index is 945. The van der Waals surface area contributed by atoms with Crippen LogP contribution in [0.1, 0.15) is 11.3 Å². The lowest BCUT2D eigenvalue weighted by atomic mass is 10.2. The Kier molecular flexibility index (Phi) is 8.52. The monoisotopic (exact) mass is 455 g/mol. The molecule has 2 aliphatic rings. The lowest BCUT2D eigenvalue weighted by Gasteiger charge is -2.26. The van der Waals surface area contributed by atoms with E-state index in [4.69, 9.17) is 14.2 Å². The van der Waals surface area contributed by atoms with E-state index in [0.29, 0.717) is 0 Å². The average molecular weight is 456 g/mol. The zero-order valence-electron chi connectivity index (χ0n) is 18.3. The van der Waals surface area contributed by atoms with E-state index < -0.39 is 0 Å². The van der Waals surface area contributed by atoms with Crippen LogP contribution >= 0.6 is 11.3 Å². The summed E-state index contributed by atoms with van der Waals surface area (Å²) in [6, 6.07) is 8.23. The molecule has 170 valence electrons. The van der Waals surface area contributed by atoms with Gasteiger partial charge in [0, 0.05) is 49.5 Å². The Morgan fingerprint density at radius 2 is 1.66 bits per heavy atom. The molecular weight excluding hydrogens is 426 g/mol. The number of thiazole rings is 1. The topological polar surface area (TPSA) is 81.6 Å². The third kappa shape index (κ3) is 7.04. The molecule has 0 atom stereocenters. The smallest absolute Gasteiger partial charge is 0.188 e. The summed E-state index contributed by atoms with van der Waals surface area (Å²) in [4.78, 5) is 16.7. The Hall–Kier alpha value is -2.43. The minimum absolute atomic E-state index is 0.778. The number of aryl methyl sites for hydroxylation is 1. The number of anilines is 2. The normalized spacial score (nSPS) is 16.8. The minimum Gasteiger partial charge on any atom is -0.379 e. The van der Waals surface area contributed by atoms with Gasteiger partial charge in [-0.2, -0.15) is 0 Å². The molecule has 0 unspecified atom stereocenters. The summed E-state index contributed by atoms with van der Waals surface area (Å²) in [6.45, 7) is 9.59. The lowest BCUT2D eigenvalue weighted by molar-refractivity contribution is -0.0334. The lowest BCUT2D eigenvalue weighted by Crippen LogP contribution is -2.35. The summed E-state index contributed by atoms with van der Waals surface area (Å²) in [5, 5.41) is 4.15. The van der Waals surface area contributed by atoms with Gasteiger partial charge in [-0.1, -0.05) is 17.4 Å². The van der Waals surface area contributed by atoms with Gasteiger partial charge in [0.05, 0.1) is 44.5 Å². The van der Waals surface area contributed by atoms with Crippen molar-refractivity contribution in [3.63, 3.8) is 0 Å². The van der Waals surface area contributed by atoms with Gasteiger partial charge in [-0.15, -0.1) is 0 Å². The highest BCUT2D eigenvalue weighted by Gasteiger charge is 2.11. The van der Waals surface area contributed by atoms with Crippen LogP contribution in [0.2, 0.25) is 0 Å². The number of morpholine rings is 1. The fraction of sp³-hybridized carbons (Fsp3) is 0.435. The van der Waals surface area contributed by atoms with Crippen molar-refractivity contribution in [1.29, 1.82) is 0 Å². The molecule has 2 aliphatic heterocycles. The minimum atomic E-state index is 0.778. The second-order valence-corrected chi connectivity index (χ2v) is 8.54. The molecule has 0 saturated carbocycles. The largest absolute Gasteiger partial charge is 0.379 e. The molecular formula is C23H29N5O3S. The number of nitrogens with zero attached hydrogens (tertiary/aromatic N) is 4. The molecule has 32 heavy (non-hydrogen) atoms. The van der Waals surface area contributed by atoms with Crippen LogP contribution in [-0.4, -0.2) is 72.6 Å². The molecule has 2 saturated heterocycles. The Morgan fingerprint density at radius 1 is 0.906 bits per heavy atom. The predicted octanol–water partition coefficient (Wildman–Crippen LogP) is 3.52. The molecule has 9 heteroatoms. The van der Waals surface area contributed by atoms with Crippen molar-refractivity contribution in [2.24, 2.45) is 0 Å². The van der Waals surface area contributed by atoms with E-state index >= 15 is 0 Å². The molecule has 0 spiro atoms. The van der Waals surface area contributed by atoms with Gasteiger partial charge < -0.3 is 19.5 Å². The Balaban J connectivity index is 0.000000354. The number of aromatic nitrogens is 3. The second-order valence-electron chi connectivity index (χ2n) is 7.51. The molecule has 3 aromatic heterocycles. The highest BCUT2D eigenvalue weighted by atomic mass is 32.1. The summed E-state index contributed by atoms with van der Waals surface area (Å²) in [5.41, 5.74) is 3.33. The second kappa shape index (κ2) is 12.0. The molecule has 1 N–H and O–H groups in total. The summed E-state index contributed by atoms with van der Waals surface area (Å²) in [6.07, 6.45) is 5.60. The van der Waals surface area contributed by atoms with Crippen LogP contribution in [0.5, 0.6) is 0 Å². The van der Waals surface area contributed by atoms with E-state index in [9.17, 15) is 0 Å². The molecule has 5 rings (SSSR count). The van der Waals surface area contributed by atoms with Gasteiger partial charge in [0.25, 0.3) is 0 Å². The first-order chi connectivity index (χ1) is 15.8. The Morgan fingerprint density at radius 3 is 2.34 bits per heavy atom. The highest BCUT2D eigenvalue weighted by Crippen LogP contribution is 2.30. The highest BCUT2D eigenvalue weighted by molar-refractivity contribution is 7.18. The third-order valence-corrected chi connectivity index (χ3v) is 5.98. The van der Waals surface area contributed by atoms with Gasteiger partial charge in [-0.3, -0.25) is 9.88 Å². The molecule has 0 radical (unpaired) electrons. The van der Waals surface area contributed by atoms with Crippen molar-refractivity contribution in [2.45, 2.75) is 13.5 Å². The number of hydrogen-bond acceptors (Lipinski definition) is 9. The molecule has 8 nitrogen and oxygen atoms in total. The molecule has 0 aliphatic carbocycles. The van der Waals surface area contributed by atoms with Crippen LogP contribution in [0, 0.1) is 6.92 Å². The SMILES string of the molecule is C1COCCO1.Cc1ccc(-c2cnc(Nc3cc(CN4CCOCC4)ccn3)s2)cn1. The summed E-state index contributed by atoms with van der Waals surface area (Å²) in [7, 11) is 0. The summed E-state index contributed by atoms with van der Waals surface area (Å²) < 4.78 is 15.3. The fourth-order valence-corrected chi connectivity index (χ4v) is 4.10. The number of nitrogens with one attached hydrogen (secondary N) is 1. The first-order valence-electron chi connectivity index (χ1n) is 10.8. The van der Waals surface area contributed by atoms with Crippen molar-refractivity contribution >= 4 is 22.3 Å². The maximum absolute atomic E-state index is 5.41. The van der Waals surface area contributed by atoms with Gasteiger partial charge in [0.1, 0.15) is 5.82 Å². The van der Waals surface area contributed by atoms with Crippen LogP contribution in [0.15, 0.2) is 42.9 Å². The van der Waals surface area contributed by atoms with Crippen LogP contribution < -0.4 is 5.32 Å². The van der Waals surface area contributed by atoms with Gasteiger partial charge in [0.15, 0.2) is 5.13 Å². The Labute approximate surface area is 192 Å². The number of pyridine rings is 2. The van der Waals surface area contributed by atoms with Crippen molar-refractivity contribution < 1.29 is 14.2 Å². The first kappa shape index (κ1) is 22.8. The third-order valence-electron chi connectivity index (χ3n) is 5.01. The maximum Gasteiger partial charge on any atom is 0.188 e. The average Bonchev–Trinajstić information content (AvgIpc) is 3.30. The molecule has 5 heterocycles. The van der Waals surface area contributed by atoms with Crippen LogP contribution in [-0.2, 0) is 20.8 Å². The van der Waals surface area contributed by atoms with Gasteiger partial charge >= 0.3 is 0 Å². The molecule has 2 fully saturated rings.